The number of ketones is 1. The maximum Gasteiger partial charge on any atom is 0.243 e. The molecule has 228 valence electrons. The minimum atomic E-state index is -3.89. The van der Waals surface area contributed by atoms with E-state index in [0.29, 0.717) is 61.7 Å². The number of nitrogens with zero attached hydrogens (tertiary/aromatic N) is 3. The van der Waals surface area contributed by atoms with Gasteiger partial charge in [0.1, 0.15) is 5.25 Å². The molecule has 2 atom stereocenters. The number of halogens is 1. The molecule has 10 nitrogen and oxygen atoms in total. The zero-order valence-corrected chi connectivity index (χ0v) is 26.1. The fourth-order valence-electron chi connectivity index (χ4n) is 6.85. The van der Waals surface area contributed by atoms with E-state index in [1.54, 1.807) is 35.4 Å². The standard InChI is InChI=1S/C31H36ClN5O5S/c1-31(2,3)17-37-16-23-19(13-24(32)27-22(23)15-33-34-27)12-20(30(37)40)14-26(38)36-10-8-18(9-11-36)29-28(39)21-6-4-5-7-25(21)35-43(29,41)42/h4-7,13,15,18,20,29,35H,8-12,14,16-17H2,1-3H3,(H,33,34). The van der Waals surface area contributed by atoms with Crippen LogP contribution in [-0.2, 0) is 32.6 Å². The Morgan fingerprint density at radius 1 is 1.14 bits per heavy atom. The Bertz CT molecular complexity index is 1720. The van der Waals surface area contributed by atoms with E-state index in [0.717, 1.165) is 22.0 Å². The van der Waals surface area contributed by atoms with E-state index in [1.807, 2.05) is 11.0 Å². The first-order valence-electron chi connectivity index (χ1n) is 14.7. The lowest BCUT2D eigenvalue weighted by Crippen LogP contribution is -2.49. The molecule has 0 spiro atoms. The number of likely N-dealkylation sites (tertiary alicyclic amines) is 1. The van der Waals surface area contributed by atoms with Crippen molar-refractivity contribution < 1.29 is 22.8 Å². The van der Waals surface area contributed by atoms with Gasteiger partial charge in [0.15, 0.2) is 5.78 Å². The van der Waals surface area contributed by atoms with Crippen molar-refractivity contribution in [2.45, 2.75) is 58.2 Å². The van der Waals surface area contributed by atoms with Gasteiger partial charge in [-0.05, 0) is 59.9 Å². The number of hydrogen-bond donors (Lipinski definition) is 2. The van der Waals surface area contributed by atoms with Gasteiger partial charge in [0.25, 0.3) is 0 Å². The number of fused-ring (bicyclic) bond motifs is 4. The van der Waals surface area contributed by atoms with Gasteiger partial charge in [0, 0.05) is 43.5 Å². The van der Waals surface area contributed by atoms with E-state index in [4.69, 9.17) is 11.6 Å². The van der Waals surface area contributed by atoms with Gasteiger partial charge in [-0.25, -0.2) is 8.42 Å². The van der Waals surface area contributed by atoms with Crippen LogP contribution in [0.1, 0.15) is 61.5 Å². The molecule has 6 rings (SSSR count). The number of piperidine rings is 1. The van der Waals surface area contributed by atoms with Crippen molar-refractivity contribution in [3.8, 4) is 0 Å². The lowest BCUT2D eigenvalue weighted by atomic mass is 9.88. The van der Waals surface area contributed by atoms with Crippen molar-refractivity contribution in [2.24, 2.45) is 17.3 Å². The molecule has 12 heteroatoms. The van der Waals surface area contributed by atoms with E-state index in [1.165, 1.54) is 0 Å². The van der Waals surface area contributed by atoms with Crippen molar-refractivity contribution in [3.63, 3.8) is 0 Å². The van der Waals surface area contributed by atoms with Crippen LogP contribution in [0.5, 0.6) is 0 Å². The van der Waals surface area contributed by atoms with Crippen LogP contribution in [0.25, 0.3) is 10.9 Å². The van der Waals surface area contributed by atoms with E-state index in [-0.39, 0.29) is 23.7 Å². The van der Waals surface area contributed by atoms with Gasteiger partial charge in [-0.1, -0.05) is 44.5 Å². The summed E-state index contributed by atoms with van der Waals surface area (Å²) in [5, 5.41) is 7.35. The third-order valence-corrected chi connectivity index (χ3v) is 10.9. The normalized spacial score (nSPS) is 22.6. The van der Waals surface area contributed by atoms with Crippen LogP contribution in [-0.4, -0.2) is 70.9 Å². The maximum atomic E-state index is 13.9. The average molecular weight is 626 g/mol. The molecular weight excluding hydrogens is 590 g/mol. The minimum Gasteiger partial charge on any atom is -0.343 e. The van der Waals surface area contributed by atoms with Crippen LogP contribution in [0.2, 0.25) is 5.02 Å². The Balaban J connectivity index is 1.19. The zero-order valence-electron chi connectivity index (χ0n) is 24.5. The number of anilines is 1. The molecule has 0 radical (unpaired) electrons. The number of rotatable bonds is 4. The Morgan fingerprint density at radius 3 is 2.58 bits per heavy atom. The van der Waals surface area contributed by atoms with Crippen molar-refractivity contribution in [2.75, 3.05) is 24.4 Å². The second-order valence-electron chi connectivity index (χ2n) is 13.2. The summed E-state index contributed by atoms with van der Waals surface area (Å²) in [7, 11) is -3.89. The SMILES string of the molecule is CC(C)(C)CN1Cc2c(cc(Cl)c3[nH]ncc23)CC(CC(=O)N2CCC(C3C(=O)c4ccccc4NS3(=O)=O)CC2)C1=O. The molecule has 2 aromatic carbocycles. The lowest BCUT2D eigenvalue weighted by molar-refractivity contribution is -0.142. The van der Waals surface area contributed by atoms with Crippen LogP contribution in [0.3, 0.4) is 0 Å². The molecule has 3 aliphatic rings. The number of para-hydroxylation sites is 1. The number of nitrogens with one attached hydrogen (secondary N) is 2. The maximum absolute atomic E-state index is 13.9. The van der Waals surface area contributed by atoms with Crippen molar-refractivity contribution in [1.29, 1.82) is 0 Å². The molecule has 1 saturated heterocycles. The summed E-state index contributed by atoms with van der Waals surface area (Å²) in [4.78, 5) is 44.3. The highest BCUT2D eigenvalue weighted by Crippen LogP contribution is 2.37. The van der Waals surface area contributed by atoms with Gasteiger partial charge in [-0.2, -0.15) is 5.10 Å². The fraction of sp³-hybridized carbons (Fsp3) is 0.484. The van der Waals surface area contributed by atoms with Gasteiger partial charge in [0.2, 0.25) is 21.8 Å². The van der Waals surface area contributed by atoms with Crippen molar-refractivity contribution >= 4 is 55.8 Å². The zero-order chi connectivity index (χ0) is 30.7. The number of carbonyl (C=O) groups is 3. The largest absolute Gasteiger partial charge is 0.343 e. The fourth-order valence-corrected chi connectivity index (χ4v) is 8.93. The Morgan fingerprint density at radius 2 is 1.86 bits per heavy atom. The monoisotopic (exact) mass is 625 g/mol. The molecule has 0 bridgehead atoms. The van der Waals surface area contributed by atoms with Gasteiger partial charge in [-0.15, -0.1) is 0 Å². The highest BCUT2D eigenvalue weighted by atomic mass is 35.5. The van der Waals surface area contributed by atoms with E-state index >= 15 is 0 Å². The Labute approximate surface area is 256 Å². The Kier molecular flexibility index (Phi) is 7.53. The number of aromatic amines is 1. The third kappa shape index (κ3) is 5.64. The smallest absolute Gasteiger partial charge is 0.243 e. The molecule has 0 saturated carbocycles. The summed E-state index contributed by atoms with van der Waals surface area (Å²) in [6.07, 6.45) is 2.94. The number of aromatic nitrogens is 2. The van der Waals surface area contributed by atoms with Crippen molar-refractivity contribution in [3.05, 3.63) is 58.2 Å². The number of H-pyrrole nitrogens is 1. The molecule has 1 fully saturated rings. The molecule has 3 aromatic rings. The first-order chi connectivity index (χ1) is 20.3. The molecule has 3 aliphatic heterocycles. The number of sulfonamides is 1. The van der Waals surface area contributed by atoms with Crippen molar-refractivity contribution in [1.82, 2.24) is 20.0 Å². The predicted octanol–water partition coefficient (Wildman–Crippen LogP) is 4.40. The highest BCUT2D eigenvalue weighted by Gasteiger charge is 2.45. The second-order valence-corrected chi connectivity index (χ2v) is 15.4. The van der Waals surface area contributed by atoms with E-state index < -0.39 is 32.9 Å². The van der Waals surface area contributed by atoms with Crippen LogP contribution in [0, 0.1) is 17.3 Å². The average Bonchev–Trinajstić information content (AvgIpc) is 3.40. The topological polar surface area (TPSA) is 133 Å². The van der Waals surface area contributed by atoms with Gasteiger partial charge in [-0.3, -0.25) is 24.2 Å². The van der Waals surface area contributed by atoms with E-state index in [9.17, 15) is 22.8 Å². The molecular formula is C31H36ClN5O5S. The molecule has 2 amide bonds. The number of Topliss-reactive ketones (excluding diaryl/α,β-unsaturated/α-hetero) is 1. The van der Waals surface area contributed by atoms with Gasteiger partial charge in [0.05, 0.1) is 28.3 Å². The number of hydrogen-bond acceptors (Lipinski definition) is 6. The molecule has 2 unspecified atom stereocenters. The number of amides is 2. The molecule has 2 N–H and O–H groups in total. The summed E-state index contributed by atoms with van der Waals surface area (Å²) >= 11 is 6.56. The molecule has 43 heavy (non-hydrogen) atoms. The van der Waals surface area contributed by atoms with Crippen LogP contribution in [0.4, 0.5) is 5.69 Å². The van der Waals surface area contributed by atoms with Gasteiger partial charge < -0.3 is 9.80 Å². The van der Waals surface area contributed by atoms with Crippen LogP contribution in [0.15, 0.2) is 36.5 Å². The lowest BCUT2D eigenvalue weighted by Gasteiger charge is -2.37. The Hall–Kier alpha value is -3.44. The predicted molar refractivity (Wildman–Crippen MR) is 164 cm³/mol. The number of benzene rings is 2. The minimum absolute atomic E-state index is 0.0419. The second kappa shape index (κ2) is 10.9. The molecule has 4 heterocycles. The van der Waals surface area contributed by atoms with E-state index in [2.05, 4.69) is 35.7 Å². The summed E-state index contributed by atoms with van der Waals surface area (Å²) in [6, 6.07) is 8.51. The first-order valence-corrected chi connectivity index (χ1v) is 16.6. The third-order valence-electron chi connectivity index (χ3n) is 8.81. The van der Waals surface area contributed by atoms with Gasteiger partial charge >= 0.3 is 0 Å². The summed E-state index contributed by atoms with van der Waals surface area (Å²) in [5.74, 6) is -1.57. The summed E-state index contributed by atoms with van der Waals surface area (Å²) < 4.78 is 28.7. The molecule has 0 aliphatic carbocycles. The number of carbonyl (C=O) groups excluding carboxylic acids is 3. The molecule has 1 aromatic heterocycles. The first kappa shape index (κ1) is 29.6. The quantitative estimate of drug-likeness (QED) is 0.442. The highest BCUT2D eigenvalue weighted by molar-refractivity contribution is 7.94. The van der Waals surface area contributed by atoms with Crippen LogP contribution < -0.4 is 4.72 Å². The summed E-state index contributed by atoms with van der Waals surface area (Å²) in [6.45, 7) is 7.84. The van der Waals surface area contributed by atoms with Crippen LogP contribution >= 0.6 is 11.6 Å². The summed E-state index contributed by atoms with van der Waals surface area (Å²) in [5.41, 5.74) is 3.20.